The van der Waals surface area contributed by atoms with Gasteiger partial charge in [0.2, 0.25) is 0 Å². The first-order valence-corrected chi connectivity index (χ1v) is 4.77. The van der Waals surface area contributed by atoms with Crippen LogP contribution in [-0.4, -0.2) is 11.1 Å². The molecular weight excluding hydrogens is 232 g/mol. The van der Waals surface area contributed by atoms with E-state index >= 15 is 0 Å². The number of benzene rings is 1. The summed E-state index contributed by atoms with van der Waals surface area (Å²) < 4.78 is 0.967. The van der Waals surface area contributed by atoms with Gasteiger partial charge >= 0.3 is 5.97 Å². The quantitative estimate of drug-likeness (QED) is 0.866. The summed E-state index contributed by atoms with van der Waals surface area (Å²) in [4.78, 5) is 10.5. The minimum Gasteiger partial charge on any atom is -0.481 e. The van der Waals surface area contributed by atoms with Crippen LogP contribution >= 0.6 is 15.9 Å². The number of carboxylic acids is 1. The molecule has 0 heterocycles. The Morgan fingerprint density at radius 3 is 2.54 bits per heavy atom. The highest BCUT2D eigenvalue weighted by Crippen LogP contribution is 2.21. The largest absolute Gasteiger partial charge is 0.481 e. The molecule has 0 aliphatic rings. The molecule has 0 atom stereocenters. The monoisotopic (exact) mass is 242 g/mol. The Hall–Kier alpha value is -0.830. The lowest BCUT2D eigenvalue weighted by molar-refractivity contribution is -0.136. The van der Waals surface area contributed by atoms with Gasteiger partial charge in [-0.15, -0.1) is 0 Å². The first-order valence-electron chi connectivity index (χ1n) is 3.98. The van der Waals surface area contributed by atoms with E-state index in [1.54, 1.807) is 0 Å². The van der Waals surface area contributed by atoms with Gasteiger partial charge < -0.3 is 5.11 Å². The molecule has 0 fully saturated rings. The van der Waals surface area contributed by atoms with E-state index < -0.39 is 5.97 Å². The van der Waals surface area contributed by atoms with Crippen LogP contribution in [0, 0.1) is 13.8 Å². The van der Waals surface area contributed by atoms with Crippen LogP contribution in [-0.2, 0) is 11.2 Å². The summed E-state index contributed by atoms with van der Waals surface area (Å²) in [6.45, 7) is 3.92. The summed E-state index contributed by atoms with van der Waals surface area (Å²) in [5.41, 5.74) is 3.03. The second-order valence-electron chi connectivity index (χ2n) is 3.10. The van der Waals surface area contributed by atoms with Crippen LogP contribution < -0.4 is 0 Å². The first-order chi connectivity index (χ1) is 6.00. The van der Waals surface area contributed by atoms with E-state index in [-0.39, 0.29) is 6.42 Å². The van der Waals surface area contributed by atoms with Crippen molar-refractivity contribution < 1.29 is 9.90 Å². The fourth-order valence-corrected chi connectivity index (χ4v) is 1.61. The second-order valence-corrected chi connectivity index (χ2v) is 3.95. The van der Waals surface area contributed by atoms with Gasteiger partial charge in [0.25, 0.3) is 0 Å². The van der Waals surface area contributed by atoms with E-state index in [4.69, 9.17) is 5.11 Å². The predicted molar refractivity (Wildman–Crippen MR) is 55.0 cm³/mol. The number of hydrogen-bond donors (Lipinski definition) is 1. The van der Waals surface area contributed by atoms with Crippen molar-refractivity contribution >= 4 is 21.9 Å². The predicted octanol–water partition coefficient (Wildman–Crippen LogP) is 2.69. The van der Waals surface area contributed by atoms with E-state index in [1.165, 1.54) is 0 Å². The molecule has 0 radical (unpaired) electrons. The summed E-state index contributed by atoms with van der Waals surface area (Å²) in [5, 5.41) is 8.64. The third kappa shape index (κ3) is 2.56. The number of aryl methyl sites for hydroxylation is 2. The van der Waals surface area contributed by atoms with Crippen molar-refractivity contribution in [1.82, 2.24) is 0 Å². The van der Waals surface area contributed by atoms with Crippen molar-refractivity contribution in [1.29, 1.82) is 0 Å². The lowest BCUT2D eigenvalue weighted by Gasteiger charge is -2.06. The van der Waals surface area contributed by atoms with Gasteiger partial charge in [-0.25, -0.2) is 0 Å². The van der Waals surface area contributed by atoms with Crippen molar-refractivity contribution in [3.05, 3.63) is 33.3 Å². The molecule has 1 aromatic rings. The Bertz CT molecular complexity index is 345. The number of aliphatic carboxylic acids is 1. The average molecular weight is 243 g/mol. The molecule has 0 amide bonds. The summed E-state index contributed by atoms with van der Waals surface area (Å²) >= 11 is 3.38. The van der Waals surface area contributed by atoms with Crippen LogP contribution in [0.5, 0.6) is 0 Å². The summed E-state index contributed by atoms with van der Waals surface area (Å²) in [7, 11) is 0. The van der Waals surface area contributed by atoms with Gasteiger partial charge in [0.1, 0.15) is 0 Å². The van der Waals surface area contributed by atoms with Gasteiger partial charge in [0.15, 0.2) is 0 Å². The maximum atomic E-state index is 10.5. The Morgan fingerprint density at radius 1 is 1.38 bits per heavy atom. The maximum absolute atomic E-state index is 10.5. The van der Waals surface area contributed by atoms with Crippen LogP contribution in [0.1, 0.15) is 16.7 Å². The topological polar surface area (TPSA) is 37.3 Å². The van der Waals surface area contributed by atoms with E-state index in [9.17, 15) is 4.79 Å². The van der Waals surface area contributed by atoms with Gasteiger partial charge in [0.05, 0.1) is 6.42 Å². The van der Waals surface area contributed by atoms with Gasteiger partial charge in [-0.2, -0.15) is 0 Å². The fourth-order valence-electron chi connectivity index (χ4n) is 1.22. The van der Waals surface area contributed by atoms with Crippen LogP contribution in [0.3, 0.4) is 0 Å². The van der Waals surface area contributed by atoms with Crippen molar-refractivity contribution in [3.63, 3.8) is 0 Å². The average Bonchev–Trinajstić information content (AvgIpc) is 1.99. The Morgan fingerprint density at radius 2 is 2.00 bits per heavy atom. The molecule has 0 aliphatic carbocycles. The molecule has 0 saturated carbocycles. The molecule has 1 aromatic carbocycles. The standard InChI is InChI=1S/C10H11BrO2/c1-6-3-7(2)9(11)4-8(6)5-10(12)13/h3-4H,5H2,1-2H3,(H,12,13). The van der Waals surface area contributed by atoms with E-state index in [0.717, 1.165) is 21.2 Å². The molecular formula is C10H11BrO2. The zero-order valence-corrected chi connectivity index (χ0v) is 9.18. The molecule has 0 unspecified atom stereocenters. The number of carbonyl (C=O) groups is 1. The zero-order valence-electron chi connectivity index (χ0n) is 7.60. The normalized spacial score (nSPS) is 10.1. The number of hydrogen-bond acceptors (Lipinski definition) is 1. The van der Waals surface area contributed by atoms with Gasteiger partial charge in [-0.3, -0.25) is 4.79 Å². The Balaban J connectivity index is 3.08. The molecule has 1 N–H and O–H groups in total. The molecule has 1 rings (SSSR count). The number of carboxylic acid groups (broad SMARTS) is 1. The highest BCUT2D eigenvalue weighted by atomic mass is 79.9. The number of rotatable bonds is 2. The summed E-state index contributed by atoms with van der Waals surface area (Å²) in [6.07, 6.45) is 0.0880. The molecule has 0 aliphatic heterocycles. The molecule has 70 valence electrons. The van der Waals surface area contributed by atoms with E-state index in [0.29, 0.717) is 0 Å². The smallest absolute Gasteiger partial charge is 0.307 e. The van der Waals surface area contributed by atoms with Crippen molar-refractivity contribution in [2.45, 2.75) is 20.3 Å². The fraction of sp³-hybridized carbons (Fsp3) is 0.300. The SMILES string of the molecule is Cc1cc(C)c(CC(=O)O)cc1Br. The highest BCUT2D eigenvalue weighted by molar-refractivity contribution is 9.10. The van der Waals surface area contributed by atoms with Crippen molar-refractivity contribution in [3.8, 4) is 0 Å². The second kappa shape index (κ2) is 3.92. The van der Waals surface area contributed by atoms with E-state index in [1.807, 2.05) is 26.0 Å². The molecule has 0 aromatic heterocycles. The van der Waals surface area contributed by atoms with Gasteiger partial charge in [-0.1, -0.05) is 22.0 Å². The minimum atomic E-state index is -0.793. The van der Waals surface area contributed by atoms with Crippen molar-refractivity contribution in [2.75, 3.05) is 0 Å². The third-order valence-electron chi connectivity index (χ3n) is 1.96. The first kappa shape index (κ1) is 10.3. The van der Waals surface area contributed by atoms with E-state index in [2.05, 4.69) is 15.9 Å². The third-order valence-corrected chi connectivity index (χ3v) is 2.81. The maximum Gasteiger partial charge on any atom is 0.307 e. The zero-order chi connectivity index (χ0) is 10.0. The minimum absolute atomic E-state index is 0.0880. The summed E-state index contributed by atoms with van der Waals surface area (Å²) in [5.74, 6) is -0.793. The van der Waals surface area contributed by atoms with Gasteiger partial charge in [0, 0.05) is 4.47 Å². The molecule has 3 heteroatoms. The molecule has 0 bridgehead atoms. The van der Waals surface area contributed by atoms with Crippen LogP contribution in [0.15, 0.2) is 16.6 Å². The highest BCUT2D eigenvalue weighted by Gasteiger charge is 2.06. The Labute approximate surface area is 85.7 Å². The Kier molecular flexibility index (Phi) is 3.09. The number of halogens is 1. The molecule has 2 nitrogen and oxygen atoms in total. The molecule has 0 spiro atoms. The molecule has 13 heavy (non-hydrogen) atoms. The van der Waals surface area contributed by atoms with Crippen molar-refractivity contribution in [2.24, 2.45) is 0 Å². The lowest BCUT2D eigenvalue weighted by Crippen LogP contribution is -2.02. The lowest BCUT2D eigenvalue weighted by atomic mass is 10.0. The van der Waals surface area contributed by atoms with Crippen LogP contribution in [0.25, 0.3) is 0 Å². The van der Waals surface area contributed by atoms with Gasteiger partial charge in [-0.05, 0) is 36.6 Å². The van der Waals surface area contributed by atoms with Crippen LogP contribution in [0.2, 0.25) is 0 Å². The molecule has 0 saturated heterocycles. The summed E-state index contributed by atoms with van der Waals surface area (Å²) in [6, 6.07) is 3.86. The van der Waals surface area contributed by atoms with Crippen LogP contribution in [0.4, 0.5) is 0 Å².